The number of carbonyl (C=O) groups is 1. The minimum Gasteiger partial charge on any atom is -0.395 e. The van der Waals surface area contributed by atoms with Crippen LogP contribution in [0.4, 0.5) is 15.6 Å². The van der Waals surface area contributed by atoms with E-state index in [1.807, 2.05) is 0 Å². The van der Waals surface area contributed by atoms with Crippen LogP contribution in [0.15, 0.2) is 30.5 Å². The zero-order valence-corrected chi connectivity index (χ0v) is 12.5. The summed E-state index contributed by atoms with van der Waals surface area (Å²) in [6.07, 6.45) is 1.98. The van der Waals surface area contributed by atoms with E-state index in [0.29, 0.717) is 22.3 Å². The molecule has 0 spiro atoms. The molecule has 2 amide bonds. The number of aromatic nitrogens is 1. The maximum atomic E-state index is 11.8. The lowest BCUT2D eigenvalue weighted by molar-refractivity contribution is 0.262. The fourth-order valence-electron chi connectivity index (χ4n) is 1.41. The summed E-state index contributed by atoms with van der Waals surface area (Å²) >= 11 is 7.21. The number of anilines is 2. The van der Waals surface area contributed by atoms with Crippen molar-refractivity contribution in [3.63, 3.8) is 0 Å². The summed E-state index contributed by atoms with van der Waals surface area (Å²) in [5.41, 5.74) is 0.524. The van der Waals surface area contributed by atoms with E-state index in [2.05, 4.69) is 27.5 Å². The lowest BCUT2D eigenvalue weighted by Gasteiger charge is -2.06. The molecule has 0 aliphatic heterocycles. The molecule has 2 rings (SSSR count). The van der Waals surface area contributed by atoms with Gasteiger partial charge in [0.15, 0.2) is 5.13 Å². The molecule has 1 heterocycles. The van der Waals surface area contributed by atoms with Crippen molar-refractivity contribution in [2.75, 3.05) is 17.2 Å². The summed E-state index contributed by atoms with van der Waals surface area (Å²) in [4.78, 5) is 16.6. The molecule has 0 saturated carbocycles. The minimum atomic E-state index is -0.424. The molecule has 1 aromatic heterocycles. The highest BCUT2D eigenvalue weighted by atomic mass is 35.5. The van der Waals surface area contributed by atoms with Crippen LogP contribution in [0.2, 0.25) is 5.02 Å². The van der Waals surface area contributed by atoms with Crippen LogP contribution >= 0.6 is 22.9 Å². The number of urea groups is 1. The predicted molar refractivity (Wildman–Crippen MR) is 84.8 cm³/mol. The number of hydrogen-bond acceptors (Lipinski definition) is 4. The highest BCUT2D eigenvalue weighted by Crippen LogP contribution is 2.21. The first kappa shape index (κ1) is 15.3. The van der Waals surface area contributed by atoms with Gasteiger partial charge in [-0.1, -0.05) is 46.9 Å². The standard InChI is InChI=1S/C14H12ClN3O2S/c15-11-6-1-2-7-12(11)17-13(20)18-14-16-9-10(21-14)5-3-4-8-19/h1-2,6-7,9,19H,4,8H2,(H2,16,17,18,20). The second kappa shape index (κ2) is 7.64. The molecule has 2 aromatic rings. The number of nitrogens with one attached hydrogen (secondary N) is 2. The molecular weight excluding hydrogens is 310 g/mol. The van der Waals surface area contributed by atoms with Gasteiger partial charge in [0.2, 0.25) is 0 Å². The molecule has 0 unspecified atom stereocenters. The topological polar surface area (TPSA) is 74.2 Å². The lowest BCUT2D eigenvalue weighted by Crippen LogP contribution is -2.19. The van der Waals surface area contributed by atoms with Crippen molar-refractivity contribution in [3.8, 4) is 11.8 Å². The predicted octanol–water partition coefficient (Wildman–Crippen LogP) is 3.17. The number of carbonyl (C=O) groups excluding carboxylic acids is 1. The van der Waals surface area contributed by atoms with Gasteiger partial charge in [-0.05, 0) is 12.1 Å². The molecule has 0 bridgehead atoms. The third-order valence-electron chi connectivity index (χ3n) is 2.30. The maximum absolute atomic E-state index is 11.8. The second-order valence-corrected chi connectivity index (χ2v) is 5.30. The molecule has 3 N–H and O–H groups in total. The zero-order valence-electron chi connectivity index (χ0n) is 10.9. The van der Waals surface area contributed by atoms with Crippen molar-refractivity contribution in [2.45, 2.75) is 6.42 Å². The molecule has 0 aliphatic rings. The lowest BCUT2D eigenvalue weighted by atomic mass is 10.3. The summed E-state index contributed by atoms with van der Waals surface area (Å²) in [6.45, 7) is 0.0250. The number of aliphatic hydroxyl groups is 1. The van der Waals surface area contributed by atoms with Crippen LogP contribution < -0.4 is 10.6 Å². The number of halogens is 1. The Labute approximate surface area is 131 Å². The van der Waals surface area contributed by atoms with Crippen LogP contribution in [0.25, 0.3) is 0 Å². The molecule has 7 heteroatoms. The van der Waals surface area contributed by atoms with Crippen molar-refractivity contribution in [1.82, 2.24) is 4.98 Å². The minimum absolute atomic E-state index is 0.0250. The van der Waals surface area contributed by atoms with E-state index in [9.17, 15) is 4.79 Å². The van der Waals surface area contributed by atoms with Crippen LogP contribution in [0.3, 0.4) is 0 Å². The highest BCUT2D eigenvalue weighted by molar-refractivity contribution is 7.16. The molecule has 1 aromatic carbocycles. The van der Waals surface area contributed by atoms with E-state index in [0.717, 1.165) is 4.88 Å². The van der Waals surface area contributed by atoms with Crippen molar-refractivity contribution < 1.29 is 9.90 Å². The smallest absolute Gasteiger partial charge is 0.325 e. The van der Waals surface area contributed by atoms with Gasteiger partial charge < -0.3 is 10.4 Å². The number of hydrogen-bond donors (Lipinski definition) is 3. The van der Waals surface area contributed by atoms with Gasteiger partial charge in [0.1, 0.15) is 0 Å². The van der Waals surface area contributed by atoms with E-state index < -0.39 is 6.03 Å². The summed E-state index contributed by atoms with van der Waals surface area (Å²) in [5.74, 6) is 5.64. The molecule has 0 atom stereocenters. The van der Waals surface area contributed by atoms with Gasteiger partial charge in [0, 0.05) is 6.42 Å². The summed E-state index contributed by atoms with van der Waals surface area (Å²) in [5, 5.41) is 14.8. The Bertz CT molecular complexity index is 691. The van der Waals surface area contributed by atoms with Crippen LogP contribution in [-0.2, 0) is 0 Å². The monoisotopic (exact) mass is 321 g/mol. The Hall–Kier alpha value is -2.07. The molecule has 108 valence electrons. The third-order valence-corrected chi connectivity index (χ3v) is 3.45. The average molecular weight is 322 g/mol. The Balaban J connectivity index is 1.95. The van der Waals surface area contributed by atoms with Crippen molar-refractivity contribution in [2.24, 2.45) is 0 Å². The summed E-state index contributed by atoms with van der Waals surface area (Å²) in [7, 11) is 0. The van der Waals surface area contributed by atoms with Gasteiger partial charge in [-0.25, -0.2) is 9.78 Å². The SMILES string of the molecule is O=C(Nc1ncc(C#CCCO)s1)Nc1ccccc1Cl. The van der Waals surface area contributed by atoms with Crippen LogP contribution in [-0.4, -0.2) is 22.7 Å². The molecule has 21 heavy (non-hydrogen) atoms. The molecular formula is C14H12ClN3O2S. The maximum Gasteiger partial charge on any atom is 0.325 e. The van der Waals surface area contributed by atoms with Crippen LogP contribution in [0.5, 0.6) is 0 Å². The first-order chi connectivity index (χ1) is 10.2. The van der Waals surface area contributed by atoms with Gasteiger partial charge in [0.25, 0.3) is 0 Å². The average Bonchev–Trinajstić information content (AvgIpc) is 2.89. The van der Waals surface area contributed by atoms with E-state index in [-0.39, 0.29) is 6.61 Å². The normalized spacial score (nSPS) is 9.62. The van der Waals surface area contributed by atoms with Gasteiger partial charge in [0.05, 0.1) is 28.4 Å². The molecule has 5 nitrogen and oxygen atoms in total. The number of nitrogens with zero attached hydrogens (tertiary/aromatic N) is 1. The van der Waals surface area contributed by atoms with E-state index in [4.69, 9.17) is 16.7 Å². The first-order valence-corrected chi connectivity index (χ1v) is 7.26. The largest absolute Gasteiger partial charge is 0.395 e. The van der Waals surface area contributed by atoms with Gasteiger partial charge >= 0.3 is 6.03 Å². The Morgan fingerprint density at radius 1 is 1.38 bits per heavy atom. The van der Waals surface area contributed by atoms with Crippen molar-refractivity contribution in [3.05, 3.63) is 40.4 Å². The highest BCUT2D eigenvalue weighted by Gasteiger charge is 2.07. The second-order valence-electron chi connectivity index (χ2n) is 3.86. The number of benzene rings is 1. The Kier molecular flexibility index (Phi) is 5.58. The van der Waals surface area contributed by atoms with Crippen molar-refractivity contribution >= 4 is 39.8 Å². The zero-order chi connectivity index (χ0) is 15.1. The number of aliphatic hydroxyl groups excluding tert-OH is 1. The quantitative estimate of drug-likeness (QED) is 0.760. The third kappa shape index (κ3) is 4.76. The number of thiazole rings is 1. The summed E-state index contributed by atoms with van der Waals surface area (Å²) in [6, 6.07) is 6.53. The Morgan fingerprint density at radius 2 is 2.19 bits per heavy atom. The van der Waals surface area contributed by atoms with Gasteiger partial charge in [-0.3, -0.25) is 5.32 Å². The first-order valence-electron chi connectivity index (χ1n) is 6.07. The molecule has 0 fully saturated rings. The van der Waals surface area contributed by atoms with Gasteiger partial charge in [-0.2, -0.15) is 0 Å². The number of amides is 2. The molecule has 0 saturated heterocycles. The molecule has 0 radical (unpaired) electrons. The van der Waals surface area contributed by atoms with Crippen molar-refractivity contribution in [1.29, 1.82) is 0 Å². The molecule has 0 aliphatic carbocycles. The van der Waals surface area contributed by atoms with E-state index in [1.165, 1.54) is 11.3 Å². The number of para-hydroxylation sites is 1. The fourth-order valence-corrected chi connectivity index (χ4v) is 2.28. The fraction of sp³-hybridized carbons (Fsp3) is 0.143. The summed E-state index contributed by atoms with van der Waals surface area (Å²) < 4.78 is 0. The van der Waals surface area contributed by atoms with Gasteiger partial charge in [-0.15, -0.1) is 0 Å². The Morgan fingerprint density at radius 3 is 2.95 bits per heavy atom. The van der Waals surface area contributed by atoms with E-state index in [1.54, 1.807) is 30.5 Å². The van der Waals surface area contributed by atoms with Crippen LogP contribution in [0.1, 0.15) is 11.3 Å². The van der Waals surface area contributed by atoms with E-state index >= 15 is 0 Å². The van der Waals surface area contributed by atoms with Crippen LogP contribution in [0, 0.1) is 11.8 Å². The number of rotatable bonds is 3.